The molecule has 0 aliphatic carbocycles. The zero-order valence-electron chi connectivity index (χ0n) is 6.26. The summed E-state index contributed by atoms with van der Waals surface area (Å²) in [7, 11) is 9.36. The molecule has 2 nitrogen and oxygen atoms in total. The van der Waals surface area contributed by atoms with Crippen LogP contribution in [0.5, 0.6) is 0 Å². The van der Waals surface area contributed by atoms with Crippen LogP contribution in [0.4, 0.5) is 0 Å². The summed E-state index contributed by atoms with van der Waals surface area (Å²) in [5, 5.41) is 9.17. The van der Waals surface area contributed by atoms with Crippen molar-refractivity contribution in [2.24, 2.45) is 0 Å². The van der Waals surface area contributed by atoms with Crippen molar-refractivity contribution in [2.45, 2.75) is 5.85 Å². The Kier molecular flexibility index (Phi) is 4.16. The molecule has 0 aromatic rings. The topological polar surface area (TPSA) is 20.2 Å². The van der Waals surface area contributed by atoms with Gasteiger partial charge in [0.15, 0.2) is 0 Å². The van der Waals surface area contributed by atoms with Gasteiger partial charge >= 0.3 is 0 Å². The second kappa shape index (κ2) is 3.83. The molecule has 0 aromatic heterocycles. The van der Waals surface area contributed by atoms with Gasteiger partial charge in [-0.05, 0) is 0 Å². The highest BCUT2D eigenvalue weighted by molar-refractivity contribution is 8.03. The van der Waals surface area contributed by atoms with Crippen molar-refractivity contribution >= 4 is 17.2 Å². The number of hydrogen-bond acceptors (Lipinski definition) is 1. The highest BCUT2D eigenvalue weighted by Crippen LogP contribution is 2.26. The van der Waals surface area contributed by atoms with Crippen molar-refractivity contribution in [3.63, 3.8) is 0 Å². The van der Waals surface area contributed by atoms with E-state index in [0.29, 0.717) is 8.27 Å². The van der Waals surface area contributed by atoms with Crippen LogP contribution >= 0.6 is 17.2 Å². The molecular weight excluding hydrogens is 152 g/mol. The van der Waals surface area contributed by atoms with Crippen LogP contribution in [0.2, 0.25) is 0 Å². The van der Waals surface area contributed by atoms with E-state index in [1.807, 2.05) is 0 Å². The number of rotatable bonds is 3. The van der Waals surface area contributed by atoms with Crippen molar-refractivity contribution in [1.82, 2.24) is 0 Å². The molecule has 3 atom stereocenters. The lowest BCUT2D eigenvalue weighted by Crippen LogP contribution is -2.39. The van der Waals surface area contributed by atoms with Gasteiger partial charge in [-0.1, -0.05) is 8.27 Å². The SMILES string of the molecule is C[N+](C)(C)CC(O)PP. The predicted molar refractivity (Wildman–Crippen MR) is 46.9 cm³/mol. The largest absolute Gasteiger partial charge is 0.383 e. The van der Waals surface area contributed by atoms with Gasteiger partial charge in [-0.15, -0.1) is 8.93 Å². The lowest BCUT2D eigenvalue weighted by Gasteiger charge is -2.25. The average molecular weight is 168 g/mol. The lowest BCUT2D eigenvalue weighted by atomic mass is 10.5. The van der Waals surface area contributed by atoms with Crippen LogP contribution in [0.3, 0.4) is 0 Å². The van der Waals surface area contributed by atoms with Crippen LogP contribution in [0, 0.1) is 0 Å². The maximum Gasteiger partial charge on any atom is 0.122 e. The van der Waals surface area contributed by atoms with Crippen molar-refractivity contribution < 1.29 is 9.59 Å². The fraction of sp³-hybridized carbons (Fsp3) is 1.00. The molecule has 1 N–H and O–H groups in total. The molecule has 0 fully saturated rings. The average Bonchev–Trinajstić information content (AvgIpc) is 1.62. The Hall–Kier alpha value is 0.780. The van der Waals surface area contributed by atoms with Crippen LogP contribution < -0.4 is 0 Å². The van der Waals surface area contributed by atoms with E-state index in [4.69, 9.17) is 5.11 Å². The normalized spacial score (nSPS) is 17.0. The predicted octanol–water partition coefficient (Wildman–Crippen LogP) is 0.480. The number of aliphatic hydroxyl groups is 1. The summed E-state index contributed by atoms with van der Waals surface area (Å²) in [5.74, 6) is -0.144. The van der Waals surface area contributed by atoms with Gasteiger partial charge in [0.05, 0.1) is 21.1 Å². The first kappa shape index (κ1) is 9.78. The Morgan fingerprint density at radius 2 is 2.00 bits per heavy atom. The second-order valence-electron chi connectivity index (χ2n) is 3.16. The first-order valence-corrected chi connectivity index (χ1v) is 5.79. The number of aliphatic hydroxyl groups excluding tert-OH is 1. The molecule has 0 aliphatic heterocycles. The number of quaternary nitrogens is 1. The van der Waals surface area contributed by atoms with Gasteiger partial charge in [0, 0.05) is 0 Å². The molecule has 0 saturated heterocycles. The van der Waals surface area contributed by atoms with Crippen molar-refractivity contribution in [3.05, 3.63) is 0 Å². The van der Waals surface area contributed by atoms with Gasteiger partial charge in [0.25, 0.3) is 0 Å². The Balaban J connectivity index is 3.47. The van der Waals surface area contributed by atoms with Crippen LogP contribution in [-0.4, -0.2) is 43.1 Å². The third-order valence-electron chi connectivity index (χ3n) is 0.913. The standard InChI is InChI=1S/C5H16NOP2/c1-6(2,3)4-5(7)9-8/h5,7,9H,4,8H2,1-3H3/q+1. The molecule has 0 heterocycles. The molecule has 0 aliphatic rings. The van der Waals surface area contributed by atoms with Crippen molar-refractivity contribution in [2.75, 3.05) is 27.7 Å². The number of hydrogen-bond donors (Lipinski definition) is 1. The maximum atomic E-state index is 9.17. The summed E-state index contributed by atoms with van der Waals surface area (Å²) in [5.41, 5.74) is 0. The van der Waals surface area contributed by atoms with Gasteiger partial charge in [-0.3, -0.25) is 0 Å². The second-order valence-corrected chi connectivity index (χ2v) is 5.16. The van der Waals surface area contributed by atoms with E-state index < -0.39 is 0 Å². The van der Waals surface area contributed by atoms with E-state index in [1.165, 1.54) is 0 Å². The minimum absolute atomic E-state index is 0.144. The molecular formula is C5H16NOP2+. The third kappa shape index (κ3) is 6.67. The van der Waals surface area contributed by atoms with Gasteiger partial charge in [-0.25, -0.2) is 0 Å². The van der Waals surface area contributed by atoms with E-state index in [1.54, 1.807) is 0 Å². The Bertz CT molecular complexity index is 81.5. The summed E-state index contributed by atoms with van der Waals surface area (Å²) in [6.45, 7) is 0.835. The molecule has 0 aromatic carbocycles. The zero-order chi connectivity index (χ0) is 7.49. The number of likely N-dealkylation sites (N-methyl/N-ethyl adjacent to an activating group) is 1. The summed E-state index contributed by atoms with van der Waals surface area (Å²) in [4.78, 5) is 0. The first-order chi connectivity index (χ1) is 3.95. The summed E-state index contributed by atoms with van der Waals surface area (Å²) in [6.07, 6.45) is 0. The smallest absolute Gasteiger partial charge is 0.122 e. The molecule has 4 heteroatoms. The van der Waals surface area contributed by atoms with Crippen LogP contribution in [0.25, 0.3) is 0 Å². The van der Waals surface area contributed by atoms with Gasteiger partial charge in [0.2, 0.25) is 0 Å². The van der Waals surface area contributed by atoms with E-state index >= 15 is 0 Å². The molecule has 0 amide bonds. The Morgan fingerprint density at radius 1 is 1.56 bits per heavy atom. The third-order valence-corrected chi connectivity index (χ3v) is 2.63. The molecule has 3 unspecified atom stereocenters. The van der Waals surface area contributed by atoms with E-state index in [0.717, 1.165) is 11.0 Å². The minimum Gasteiger partial charge on any atom is -0.383 e. The molecule has 0 bridgehead atoms. The number of nitrogens with zero attached hydrogens (tertiary/aromatic N) is 1. The van der Waals surface area contributed by atoms with Crippen molar-refractivity contribution in [1.29, 1.82) is 0 Å². The fourth-order valence-electron chi connectivity index (χ4n) is 0.572. The van der Waals surface area contributed by atoms with Crippen molar-refractivity contribution in [3.8, 4) is 0 Å². The highest BCUT2D eigenvalue weighted by Gasteiger charge is 2.12. The molecule has 0 spiro atoms. The highest BCUT2D eigenvalue weighted by atomic mass is 32.0. The van der Waals surface area contributed by atoms with E-state index in [-0.39, 0.29) is 5.85 Å². The van der Waals surface area contributed by atoms with Crippen LogP contribution in [-0.2, 0) is 0 Å². The summed E-state index contributed by atoms with van der Waals surface area (Å²) in [6, 6.07) is 0. The minimum atomic E-state index is -0.144. The summed E-state index contributed by atoms with van der Waals surface area (Å²) < 4.78 is 0.836. The molecule has 0 radical (unpaired) electrons. The van der Waals surface area contributed by atoms with Crippen LogP contribution in [0.1, 0.15) is 0 Å². The zero-order valence-corrected chi connectivity index (χ0v) is 8.41. The monoisotopic (exact) mass is 168 g/mol. The first-order valence-electron chi connectivity index (χ1n) is 2.90. The molecule has 56 valence electrons. The molecule has 0 saturated carbocycles. The quantitative estimate of drug-likeness (QED) is 0.480. The Labute approximate surface area is 61.1 Å². The fourth-order valence-corrected chi connectivity index (χ4v) is 1.54. The van der Waals surface area contributed by atoms with Gasteiger partial charge in [0.1, 0.15) is 12.4 Å². The molecule has 0 rings (SSSR count). The van der Waals surface area contributed by atoms with Gasteiger partial charge < -0.3 is 9.59 Å². The maximum absolute atomic E-state index is 9.17. The lowest BCUT2D eigenvalue weighted by molar-refractivity contribution is -0.871. The van der Waals surface area contributed by atoms with Gasteiger partial charge in [-0.2, -0.15) is 0 Å². The molecule has 9 heavy (non-hydrogen) atoms. The van der Waals surface area contributed by atoms with E-state index in [2.05, 4.69) is 30.1 Å². The summed E-state index contributed by atoms with van der Waals surface area (Å²) >= 11 is 0. The van der Waals surface area contributed by atoms with Crippen LogP contribution in [0.15, 0.2) is 0 Å². The van der Waals surface area contributed by atoms with E-state index in [9.17, 15) is 0 Å². The Morgan fingerprint density at radius 3 is 2.11 bits per heavy atom.